The summed E-state index contributed by atoms with van der Waals surface area (Å²) in [7, 11) is 0. The summed E-state index contributed by atoms with van der Waals surface area (Å²) in [5, 5.41) is 0. The van der Waals surface area contributed by atoms with Gasteiger partial charge in [0.1, 0.15) is 0 Å². The monoisotopic (exact) mass is 234 g/mol. The van der Waals surface area contributed by atoms with Crippen molar-refractivity contribution in [2.24, 2.45) is 5.92 Å². The van der Waals surface area contributed by atoms with Gasteiger partial charge in [0.05, 0.1) is 12.7 Å². The molecule has 4 heteroatoms. The molecule has 0 spiro atoms. The first kappa shape index (κ1) is 10.7. The minimum absolute atomic E-state index is 0.0925. The zero-order valence-corrected chi connectivity index (χ0v) is 9.48. The fourth-order valence-electron chi connectivity index (χ4n) is 2.61. The van der Waals surface area contributed by atoms with E-state index in [0.29, 0.717) is 19.4 Å². The highest BCUT2D eigenvalue weighted by Crippen LogP contribution is 2.53. The Kier molecular flexibility index (Phi) is 2.23. The number of Topliss-reactive ketones (excluding diaryl/α,β-unsaturated/α-hetero) is 1. The molecule has 4 nitrogen and oxygen atoms in total. The molecular weight excluding hydrogens is 220 g/mol. The van der Waals surface area contributed by atoms with Gasteiger partial charge in [-0.1, -0.05) is 6.08 Å². The number of cyclic esters (lactones) is 1. The molecule has 0 aromatic carbocycles. The fraction of sp³-hybridized carbons (Fsp3) is 0.538. The van der Waals surface area contributed by atoms with Crippen LogP contribution >= 0.6 is 0 Å². The topological polar surface area (TPSA) is 52.6 Å². The minimum Gasteiger partial charge on any atom is -0.463 e. The number of carbonyl (C=O) groups excluding carboxylic acids is 2. The highest BCUT2D eigenvalue weighted by Gasteiger charge is 2.68. The summed E-state index contributed by atoms with van der Waals surface area (Å²) in [5.41, 5.74) is 0.00963. The molecule has 0 bridgehead atoms. The predicted octanol–water partition coefficient (Wildman–Crippen LogP) is 1.16. The van der Waals surface area contributed by atoms with E-state index < -0.39 is 5.60 Å². The Morgan fingerprint density at radius 3 is 3.00 bits per heavy atom. The standard InChI is InChI=1S/C13H14O4/c1-2-3-8-4-10(5-11(8)14)17-13-6-9(13)7-16-12(13)15/h2,4,9-10H,1,3,5-7H2. The second-order valence-electron chi connectivity index (χ2n) is 4.86. The lowest BCUT2D eigenvalue weighted by atomic mass is 10.1. The van der Waals surface area contributed by atoms with E-state index in [0.717, 1.165) is 12.0 Å². The summed E-state index contributed by atoms with van der Waals surface area (Å²) in [5.74, 6) is 0.0253. The van der Waals surface area contributed by atoms with Crippen molar-refractivity contribution in [3.8, 4) is 0 Å². The van der Waals surface area contributed by atoms with Crippen molar-refractivity contribution < 1.29 is 19.1 Å². The van der Waals surface area contributed by atoms with E-state index in [1.165, 1.54) is 0 Å². The predicted molar refractivity (Wildman–Crippen MR) is 59.2 cm³/mol. The fourth-order valence-corrected chi connectivity index (χ4v) is 2.61. The van der Waals surface area contributed by atoms with Crippen LogP contribution in [0.4, 0.5) is 0 Å². The highest BCUT2D eigenvalue weighted by molar-refractivity contribution is 5.98. The molecule has 0 aromatic rings. The molecule has 1 saturated heterocycles. The number of rotatable bonds is 4. The molecule has 3 atom stereocenters. The molecule has 2 aliphatic carbocycles. The minimum atomic E-state index is -0.731. The normalized spacial score (nSPS) is 38.7. The molecule has 3 unspecified atom stereocenters. The Labute approximate surface area is 99.3 Å². The van der Waals surface area contributed by atoms with Crippen molar-refractivity contribution in [3.05, 3.63) is 24.3 Å². The Morgan fingerprint density at radius 2 is 2.41 bits per heavy atom. The quantitative estimate of drug-likeness (QED) is 0.541. The summed E-state index contributed by atoms with van der Waals surface area (Å²) in [6.07, 6.45) is 4.90. The molecule has 0 aromatic heterocycles. The first-order chi connectivity index (χ1) is 8.15. The van der Waals surface area contributed by atoms with Gasteiger partial charge in [-0.3, -0.25) is 4.79 Å². The summed E-state index contributed by atoms with van der Waals surface area (Å²) in [6, 6.07) is 0. The van der Waals surface area contributed by atoms with Gasteiger partial charge in [-0.15, -0.1) is 6.58 Å². The number of fused-ring (bicyclic) bond motifs is 1. The number of hydrogen-bond donors (Lipinski definition) is 0. The number of ketones is 1. The van der Waals surface area contributed by atoms with Gasteiger partial charge in [0.15, 0.2) is 11.4 Å². The van der Waals surface area contributed by atoms with Crippen LogP contribution < -0.4 is 0 Å². The van der Waals surface area contributed by atoms with E-state index >= 15 is 0 Å². The average molecular weight is 234 g/mol. The van der Waals surface area contributed by atoms with Crippen LogP contribution in [0.2, 0.25) is 0 Å². The molecule has 0 amide bonds. The van der Waals surface area contributed by atoms with Gasteiger partial charge in [0.2, 0.25) is 0 Å². The van der Waals surface area contributed by atoms with Crippen LogP contribution in [-0.2, 0) is 19.1 Å². The van der Waals surface area contributed by atoms with Crippen molar-refractivity contribution in [1.29, 1.82) is 0 Å². The Hall–Kier alpha value is -1.42. The molecule has 0 radical (unpaired) electrons. The maximum absolute atomic E-state index is 11.6. The molecule has 1 saturated carbocycles. The van der Waals surface area contributed by atoms with Crippen molar-refractivity contribution in [2.75, 3.05) is 6.61 Å². The zero-order chi connectivity index (χ0) is 12.0. The van der Waals surface area contributed by atoms with E-state index in [1.54, 1.807) is 6.08 Å². The van der Waals surface area contributed by atoms with Crippen LogP contribution in [-0.4, -0.2) is 30.1 Å². The van der Waals surface area contributed by atoms with Crippen LogP contribution in [0, 0.1) is 5.92 Å². The van der Waals surface area contributed by atoms with Gasteiger partial charge in [-0.2, -0.15) is 0 Å². The van der Waals surface area contributed by atoms with Gasteiger partial charge in [0, 0.05) is 12.3 Å². The van der Waals surface area contributed by atoms with Crippen molar-refractivity contribution >= 4 is 11.8 Å². The zero-order valence-electron chi connectivity index (χ0n) is 9.48. The molecule has 90 valence electrons. The van der Waals surface area contributed by atoms with Gasteiger partial charge in [-0.25, -0.2) is 4.79 Å². The highest BCUT2D eigenvalue weighted by atomic mass is 16.6. The molecule has 3 aliphatic rings. The van der Waals surface area contributed by atoms with Crippen LogP contribution in [0.15, 0.2) is 24.3 Å². The van der Waals surface area contributed by atoms with E-state index in [2.05, 4.69) is 6.58 Å². The summed E-state index contributed by atoms with van der Waals surface area (Å²) in [4.78, 5) is 23.2. The maximum Gasteiger partial charge on any atom is 0.338 e. The first-order valence-corrected chi connectivity index (χ1v) is 5.85. The number of carbonyl (C=O) groups is 2. The second-order valence-corrected chi connectivity index (χ2v) is 4.86. The number of esters is 1. The molecule has 3 rings (SSSR count). The lowest BCUT2D eigenvalue weighted by molar-refractivity contribution is -0.155. The van der Waals surface area contributed by atoms with Gasteiger partial charge in [0.25, 0.3) is 0 Å². The van der Waals surface area contributed by atoms with Gasteiger partial charge >= 0.3 is 5.97 Å². The molecule has 1 heterocycles. The van der Waals surface area contributed by atoms with Crippen molar-refractivity contribution in [1.82, 2.24) is 0 Å². The van der Waals surface area contributed by atoms with E-state index in [4.69, 9.17) is 9.47 Å². The Balaban J connectivity index is 1.70. The molecule has 0 N–H and O–H groups in total. The van der Waals surface area contributed by atoms with Gasteiger partial charge in [-0.05, 0) is 24.5 Å². The van der Waals surface area contributed by atoms with Crippen LogP contribution in [0.1, 0.15) is 19.3 Å². The first-order valence-electron chi connectivity index (χ1n) is 5.85. The SMILES string of the molecule is C=CCC1=CC(OC23CC2COC3=O)CC1=O. The summed E-state index contributed by atoms with van der Waals surface area (Å²) in [6.45, 7) is 4.07. The smallest absolute Gasteiger partial charge is 0.338 e. The molecular formula is C13H14O4. The van der Waals surface area contributed by atoms with E-state index in [9.17, 15) is 9.59 Å². The third-order valence-corrected chi connectivity index (χ3v) is 3.67. The van der Waals surface area contributed by atoms with Crippen LogP contribution in [0.25, 0.3) is 0 Å². The molecule has 17 heavy (non-hydrogen) atoms. The Morgan fingerprint density at radius 1 is 1.59 bits per heavy atom. The lowest BCUT2D eigenvalue weighted by Crippen LogP contribution is -2.29. The van der Waals surface area contributed by atoms with E-state index in [1.807, 2.05) is 6.08 Å². The van der Waals surface area contributed by atoms with Crippen LogP contribution in [0.3, 0.4) is 0 Å². The largest absolute Gasteiger partial charge is 0.463 e. The van der Waals surface area contributed by atoms with Crippen LogP contribution in [0.5, 0.6) is 0 Å². The van der Waals surface area contributed by atoms with Crippen molar-refractivity contribution in [3.63, 3.8) is 0 Å². The van der Waals surface area contributed by atoms with E-state index in [-0.39, 0.29) is 23.8 Å². The van der Waals surface area contributed by atoms with Crippen molar-refractivity contribution in [2.45, 2.75) is 31.0 Å². The third-order valence-electron chi connectivity index (χ3n) is 3.67. The number of hydrogen-bond acceptors (Lipinski definition) is 4. The maximum atomic E-state index is 11.6. The van der Waals surface area contributed by atoms with Gasteiger partial charge < -0.3 is 9.47 Å². The summed E-state index contributed by atoms with van der Waals surface area (Å²) < 4.78 is 10.7. The summed E-state index contributed by atoms with van der Waals surface area (Å²) >= 11 is 0. The lowest BCUT2D eigenvalue weighted by Gasteiger charge is -2.15. The Bertz CT molecular complexity index is 437. The average Bonchev–Trinajstić information content (AvgIpc) is 2.77. The second kappa shape index (κ2) is 3.53. The molecule has 1 aliphatic heterocycles. The third kappa shape index (κ3) is 1.55. The number of allylic oxidation sites excluding steroid dienone is 2. The number of ether oxygens (including phenoxy) is 2. The molecule has 2 fully saturated rings.